The van der Waals surface area contributed by atoms with Gasteiger partial charge in [0.25, 0.3) is 0 Å². The Hall–Kier alpha value is 0.440. The highest BCUT2D eigenvalue weighted by Crippen LogP contribution is 2.32. The quantitative estimate of drug-likeness (QED) is 0.707. The average Bonchev–Trinajstić information content (AvgIpc) is 2.66. The van der Waals surface area contributed by atoms with E-state index in [1.165, 1.54) is 0 Å². The van der Waals surface area contributed by atoms with Gasteiger partial charge >= 0.3 is 5.97 Å². The highest BCUT2D eigenvalue weighted by atomic mass is 32.2. The van der Waals surface area contributed by atoms with Gasteiger partial charge in [-0.2, -0.15) is 0 Å². The van der Waals surface area contributed by atoms with Gasteiger partial charge in [-0.25, -0.2) is 10.9 Å². The van der Waals surface area contributed by atoms with Crippen LogP contribution in [0, 0.1) is 0 Å². The molecule has 1 rings (SSSR count). The Morgan fingerprint density at radius 1 is 1.47 bits per heavy atom. The standard InChI is InChI=1S/C8H16N2O2S3/c1-3-12-6(11)4-5-14-8-10-9-7(13-2)15-8/h7-10H,3-5H2,1-2H3. The third-order valence-corrected chi connectivity index (χ3v) is 5.45. The molecule has 1 saturated heterocycles. The summed E-state index contributed by atoms with van der Waals surface area (Å²) in [5, 5.41) is 0. The second-order valence-corrected chi connectivity index (χ2v) is 6.72. The van der Waals surface area contributed by atoms with Crippen molar-refractivity contribution in [3.63, 3.8) is 0 Å². The molecule has 1 heterocycles. The smallest absolute Gasteiger partial charge is 0.306 e. The molecule has 0 bridgehead atoms. The van der Waals surface area contributed by atoms with E-state index in [9.17, 15) is 4.79 Å². The predicted molar refractivity (Wildman–Crippen MR) is 68.7 cm³/mol. The Labute approximate surface area is 103 Å². The largest absolute Gasteiger partial charge is 0.466 e. The number of carbonyl (C=O) groups is 1. The normalized spacial score (nSPS) is 25.5. The van der Waals surface area contributed by atoms with Crippen LogP contribution in [-0.2, 0) is 9.53 Å². The van der Waals surface area contributed by atoms with E-state index in [1.54, 1.807) is 23.5 Å². The van der Waals surface area contributed by atoms with E-state index in [0.717, 1.165) is 5.75 Å². The van der Waals surface area contributed by atoms with E-state index in [2.05, 4.69) is 17.1 Å². The van der Waals surface area contributed by atoms with Crippen molar-refractivity contribution in [3.8, 4) is 0 Å². The number of rotatable bonds is 6. The van der Waals surface area contributed by atoms with Gasteiger partial charge in [0.1, 0.15) is 9.41 Å². The number of esters is 1. The predicted octanol–water partition coefficient (Wildman–Crippen LogP) is 1.44. The van der Waals surface area contributed by atoms with Gasteiger partial charge in [-0.3, -0.25) is 4.79 Å². The van der Waals surface area contributed by atoms with E-state index < -0.39 is 0 Å². The van der Waals surface area contributed by atoms with Gasteiger partial charge in [-0.05, 0) is 13.2 Å². The molecule has 1 aliphatic rings. The lowest BCUT2D eigenvalue weighted by atomic mass is 10.5. The summed E-state index contributed by atoms with van der Waals surface area (Å²) in [6, 6.07) is 0. The van der Waals surface area contributed by atoms with Crippen molar-refractivity contribution >= 4 is 41.3 Å². The van der Waals surface area contributed by atoms with Crippen molar-refractivity contribution in [2.24, 2.45) is 0 Å². The zero-order valence-electron chi connectivity index (χ0n) is 8.82. The first kappa shape index (κ1) is 13.5. The van der Waals surface area contributed by atoms with Crippen LogP contribution in [0.25, 0.3) is 0 Å². The molecule has 0 saturated carbocycles. The van der Waals surface area contributed by atoms with Crippen LogP contribution >= 0.6 is 35.3 Å². The van der Waals surface area contributed by atoms with Crippen molar-refractivity contribution < 1.29 is 9.53 Å². The molecular formula is C8H16N2O2S3. The second kappa shape index (κ2) is 7.67. The molecule has 0 aromatic heterocycles. The van der Waals surface area contributed by atoms with Crippen LogP contribution in [0.4, 0.5) is 0 Å². The maximum absolute atomic E-state index is 11.1. The number of nitrogens with one attached hydrogen (secondary N) is 2. The molecule has 0 aliphatic carbocycles. The Morgan fingerprint density at radius 3 is 2.80 bits per heavy atom. The summed E-state index contributed by atoms with van der Waals surface area (Å²) in [6.45, 7) is 2.29. The molecule has 2 atom stereocenters. The van der Waals surface area contributed by atoms with E-state index in [0.29, 0.717) is 22.4 Å². The number of ether oxygens (including phenoxy) is 1. The zero-order chi connectivity index (χ0) is 11.1. The minimum atomic E-state index is -0.109. The molecule has 7 heteroatoms. The summed E-state index contributed by atoms with van der Waals surface area (Å²) in [5.74, 6) is 0.689. The first-order chi connectivity index (χ1) is 7.26. The van der Waals surface area contributed by atoms with Crippen LogP contribution in [-0.4, -0.2) is 34.0 Å². The summed E-state index contributed by atoms with van der Waals surface area (Å²) in [7, 11) is 0. The third-order valence-electron chi connectivity index (χ3n) is 1.66. The Kier molecular flexibility index (Phi) is 6.91. The van der Waals surface area contributed by atoms with Gasteiger partial charge in [0, 0.05) is 5.75 Å². The van der Waals surface area contributed by atoms with Crippen LogP contribution in [0.5, 0.6) is 0 Å². The SMILES string of the molecule is CCOC(=O)CCSC1NNC(SC)S1. The summed E-state index contributed by atoms with van der Waals surface area (Å²) in [6.07, 6.45) is 2.55. The molecule has 2 unspecified atom stereocenters. The fourth-order valence-electron chi connectivity index (χ4n) is 0.994. The van der Waals surface area contributed by atoms with E-state index in [-0.39, 0.29) is 5.97 Å². The van der Waals surface area contributed by atoms with E-state index in [4.69, 9.17) is 4.74 Å². The van der Waals surface area contributed by atoms with Crippen molar-refractivity contribution in [2.45, 2.75) is 22.8 Å². The second-order valence-electron chi connectivity index (χ2n) is 2.75. The summed E-state index contributed by atoms with van der Waals surface area (Å²) >= 11 is 5.33. The van der Waals surface area contributed by atoms with Crippen LogP contribution in [0.1, 0.15) is 13.3 Å². The van der Waals surface area contributed by atoms with Crippen LogP contribution in [0.2, 0.25) is 0 Å². The molecule has 2 N–H and O–H groups in total. The van der Waals surface area contributed by atoms with Crippen molar-refractivity contribution in [1.29, 1.82) is 0 Å². The van der Waals surface area contributed by atoms with Crippen molar-refractivity contribution in [1.82, 2.24) is 10.9 Å². The molecular weight excluding hydrogens is 252 g/mol. The number of carbonyl (C=O) groups excluding carboxylic acids is 1. The van der Waals surface area contributed by atoms with Gasteiger partial charge < -0.3 is 4.74 Å². The van der Waals surface area contributed by atoms with Crippen LogP contribution in [0.15, 0.2) is 0 Å². The number of hydrogen-bond acceptors (Lipinski definition) is 7. The van der Waals surface area contributed by atoms with Gasteiger partial charge in [-0.15, -0.1) is 23.5 Å². The van der Waals surface area contributed by atoms with Crippen molar-refractivity contribution in [3.05, 3.63) is 0 Å². The number of hydrazine groups is 1. The van der Waals surface area contributed by atoms with Crippen LogP contribution < -0.4 is 10.9 Å². The van der Waals surface area contributed by atoms with Gasteiger partial charge in [0.05, 0.1) is 13.0 Å². The molecule has 4 nitrogen and oxygen atoms in total. The first-order valence-corrected chi connectivity index (χ1v) is 8.00. The molecule has 0 aromatic rings. The number of hydrogen-bond donors (Lipinski definition) is 2. The minimum absolute atomic E-state index is 0.109. The highest BCUT2D eigenvalue weighted by molar-refractivity contribution is 8.24. The highest BCUT2D eigenvalue weighted by Gasteiger charge is 2.23. The maximum Gasteiger partial charge on any atom is 0.306 e. The van der Waals surface area contributed by atoms with Crippen molar-refractivity contribution in [2.75, 3.05) is 18.6 Å². The van der Waals surface area contributed by atoms with E-state index in [1.807, 2.05) is 18.7 Å². The average molecular weight is 268 g/mol. The molecule has 0 spiro atoms. The summed E-state index contributed by atoms with van der Waals surface area (Å²) < 4.78 is 5.59. The van der Waals surface area contributed by atoms with Crippen LogP contribution in [0.3, 0.4) is 0 Å². The Morgan fingerprint density at radius 2 is 2.20 bits per heavy atom. The molecule has 1 aliphatic heterocycles. The topological polar surface area (TPSA) is 50.4 Å². The Bertz CT molecular complexity index is 206. The molecule has 0 radical (unpaired) electrons. The first-order valence-electron chi connectivity index (χ1n) is 4.72. The van der Waals surface area contributed by atoms with Gasteiger partial charge in [0.2, 0.25) is 0 Å². The maximum atomic E-state index is 11.1. The summed E-state index contributed by atoms with van der Waals surface area (Å²) in [5.41, 5.74) is 6.32. The minimum Gasteiger partial charge on any atom is -0.466 e. The molecule has 0 amide bonds. The lowest BCUT2D eigenvalue weighted by Crippen LogP contribution is -2.30. The van der Waals surface area contributed by atoms with Gasteiger partial charge in [-0.1, -0.05) is 11.8 Å². The summed E-state index contributed by atoms with van der Waals surface area (Å²) in [4.78, 5) is 11.1. The van der Waals surface area contributed by atoms with Gasteiger partial charge in [0.15, 0.2) is 0 Å². The fraction of sp³-hybridized carbons (Fsp3) is 0.875. The molecule has 0 aromatic carbocycles. The Balaban J connectivity index is 2.03. The molecule has 15 heavy (non-hydrogen) atoms. The zero-order valence-corrected chi connectivity index (χ0v) is 11.3. The lowest BCUT2D eigenvalue weighted by molar-refractivity contribution is -0.142. The lowest BCUT2D eigenvalue weighted by Gasteiger charge is -2.07. The monoisotopic (exact) mass is 268 g/mol. The molecule has 88 valence electrons. The van der Waals surface area contributed by atoms with E-state index >= 15 is 0 Å². The number of thioether (sulfide) groups is 3. The fourth-order valence-corrected chi connectivity index (χ4v) is 4.25. The molecule has 1 fully saturated rings. The third kappa shape index (κ3) is 5.35.